The second kappa shape index (κ2) is 6.18. The fourth-order valence-corrected chi connectivity index (χ4v) is 1.73. The average Bonchev–Trinajstić information content (AvgIpc) is 2.40. The highest BCUT2D eigenvalue weighted by molar-refractivity contribution is 5.59. The quantitative estimate of drug-likeness (QED) is 0.855. The van der Waals surface area contributed by atoms with E-state index in [2.05, 4.69) is 41.4 Å². The van der Waals surface area contributed by atoms with Gasteiger partial charge in [0.25, 0.3) is 0 Å². The summed E-state index contributed by atoms with van der Waals surface area (Å²) in [7, 11) is 0. The van der Waals surface area contributed by atoms with Crippen LogP contribution in [0.25, 0.3) is 0 Å². The molecule has 0 aliphatic carbocycles. The molecule has 2 aromatic rings. The Kier molecular flexibility index (Phi) is 4.34. The number of nitrogens with zero attached hydrogens (tertiary/aromatic N) is 2. The zero-order valence-electron chi connectivity index (χ0n) is 11.6. The molecule has 0 radical (unpaired) electrons. The van der Waals surface area contributed by atoms with Crippen LogP contribution in [0.1, 0.15) is 32.5 Å². The first-order chi connectivity index (χ1) is 9.19. The van der Waals surface area contributed by atoms with Gasteiger partial charge < -0.3 is 10.6 Å². The van der Waals surface area contributed by atoms with Gasteiger partial charge in [0.2, 0.25) is 0 Å². The Hall–Kier alpha value is -2.10. The first kappa shape index (κ1) is 13.3. The standard InChI is InChI=1S/C15H20N4/c1-4-16-13-10-14(19-15(18-13)11(2)3)17-12-8-6-5-7-9-12/h5-11H,4H2,1-3H3,(H2,16,17,18,19). The highest BCUT2D eigenvalue weighted by Gasteiger charge is 2.07. The van der Waals surface area contributed by atoms with Crippen LogP contribution in [0.3, 0.4) is 0 Å². The second-order valence-corrected chi connectivity index (χ2v) is 4.67. The number of benzene rings is 1. The van der Waals surface area contributed by atoms with Gasteiger partial charge in [0.15, 0.2) is 0 Å². The van der Waals surface area contributed by atoms with E-state index in [-0.39, 0.29) is 0 Å². The summed E-state index contributed by atoms with van der Waals surface area (Å²) in [5, 5.41) is 6.54. The molecule has 4 heteroatoms. The third-order valence-electron chi connectivity index (χ3n) is 2.66. The molecule has 0 aliphatic rings. The van der Waals surface area contributed by atoms with Crippen LogP contribution in [0.4, 0.5) is 17.3 Å². The Morgan fingerprint density at radius 1 is 1.05 bits per heavy atom. The van der Waals surface area contributed by atoms with Gasteiger partial charge in [-0.1, -0.05) is 32.0 Å². The summed E-state index contributed by atoms with van der Waals surface area (Å²) in [6.07, 6.45) is 0. The minimum atomic E-state index is 0.301. The third kappa shape index (κ3) is 3.68. The number of para-hydroxylation sites is 1. The molecule has 0 fully saturated rings. The lowest BCUT2D eigenvalue weighted by Crippen LogP contribution is -2.07. The van der Waals surface area contributed by atoms with Crippen LogP contribution in [-0.2, 0) is 0 Å². The van der Waals surface area contributed by atoms with Crippen molar-refractivity contribution < 1.29 is 0 Å². The molecular formula is C15H20N4. The maximum atomic E-state index is 4.55. The van der Waals surface area contributed by atoms with Crippen molar-refractivity contribution in [2.75, 3.05) is 17.2 Å². The maximum absolute atomic E-state index is 4.55. The Morgan fingerprint density at radius 2 is 1.74 bits per heavy atom. The molecule has 0 amide bonds. The van der Waals surface area contributed by atoms with Gasteiger partial charge in [-0.3, -0.25) is 0 Å². The van der Waals surface area contributed by atoms with Gasteiger partial charge >= 0.3 is 0 Å². The van der Waals surface area contributed by atoms with Crippen molar-refractivity contribution in [3.63, 3.8) is 0 Å². The minimum Gasteiger partial charge on any atom is -0.370 e. The molecule has 0 aliphatic heterocycles. The number of rotatable bonds is 5. The van der Waals surface area contributed by atoms with Crippen molar-refractivity contribution in [1.29, 1.82) is 0 Å². The van der Waals surface area contributed by atoms with E-state index in [4.69, 9.17) is 0 Å². The lowest BCUT2D eigenvalue weighted by Gasteiger charge is -2.12. The van der Waals surface area contributed by atoms with Crippen LogP contribution in [0, 0.1) is 0 Å². The lowest BCUT2D eigenvalue weighted by atomic mass is 10.2. The van der Waals surface area contributed by atoms with E-state index in [1.165, 1.54) is 0 Å². The summed E-state index contributed by atoms with van der Waals surface area (Å²) in [4.78, 5) is 9.05. The fraction of sp³-hybridized carbons (Fsp3) is 0.333. The van der Waals surface area contributed by atoms with Gasteiger partial charge in [0.05, 0.1) is 0 Å². The Bertz CT molecular complexity index is 523. The van der Waals surface area contributed by atoms with Gasteiger partial charge in [-0.05, 0) is 19.1 Å². The molecule has 1 aromatic heterocycles. The first-order valence-corrected chi connectivity index (χ1v) is 6.64. The van der Waals surface area contributed by atoms with Crippen molar-refractivity contribution in [1.82, 2.24) is 9.97 Å². The molecule has 0 unspecified atom stereocenters. The van der Waals surface area contributed by atoms with Crippen LogP contribution in [0.15, 0.2) is 36.4 Å². The van der Waals surface area contributed by atoms with Crippen LogP contribution in [0.5, 0.6) is 0 Å². The molecule has 2 N–H and O–H groups in total. The smallest absolute Gasteiger partial charge is 0.136 e. The molecule has 100 valence electrons. The molecule has 0 spiro atoms. The summed E-state index contributed by atoms with van der Waals surface area (Å²) in [6.45, 7) is 7.09. The number of hydrogen-bond donors (Lipinski definition) is 2. The molecule has 0 saturated carbocycles. The normalized spacial score (nSPS) is 10.5. The predicted octanol–water partition coefficient (Wildman–Crippen LogP) is 3.78. The predicted molar refractivity (Wildman–Crippen MR) is 80.0 cm³/mol. The van der Waals surface area contributed by atoms with Gasteiger partial charge in [0, 0.05) is 24.2 Å². The summed E-state index contributed by atoms with van der Waals surface area (Å²) < 4.78 is 0. The van der Waals surface area contributed by atoms with Crippen molar-refractivity contribution in [3.05, 3.63) is 42.2 Å². The molecule has 1 aromatic carbocycles. The van der Waals surface area contributed by atoms with Crippen molar-refractivity contribution in [2.45, 2.75) is 26.7 Å². The van der Waals surface area contributed by atoms with E-state index >= 15 is 0 Å². The Labute approximate surface area is 114 Å². The maximum Gasteiger partial charge on any atom is 0.136 e. The molecule has 0 saturated heterocycles. The molecule has 1 heterocycles. The van der Waals surface area contributed by atoms with Crippen LogP contribution < -0.4 is 10.6 Å². The fourth-order valence-electron chi connectivity index (χ4n) is 1.73. The third-order valence-corrected chi connectivity index (χ3v) is 2.66. The largest absolute Gasteiger partial charge is 0.370 e. The average molecular weight is 256 g/mol. The van der Waals surface area contributed by atoms with E-state index in [1.807, 2.05) is 36.4 Å². The summed E-state index contributed by atoms with van der Waals surface area (Å²) in [5.41, 5.74) is 1.03. The SMILES string of the molecule is CCNc1cc(Nc2ccccc2)nc(C(C)C)n1. The number of hydrogen-bond acceptors (Lipinski definition) is 4. The van der Waals surface area contributed by atoms with E-state index < -0.39 is 0 Å². The number of anilines is 3. The van der Waals surface area contributed by atoms with Crippen molar-refractivity contribution in [2.24, 2.45) is 0 Å². The summed E-state index contributed by atoms with van der Waals surface area (Å²) in [5.74, 6) is 2.83. The first-order valence-electron chi connectivity index (χ1n) is 6.64. The molecule has 0 atom stereocenters. The molecule has 19 heavy (non-hydrogen) atoms. The van der Waals surface area contributed by atoms with E-state index in [9.17, 15) is 0 Å². The van der Waals surface area contributed by atoms with E-state index in [0.717, 1.165) is 29.7 Å². The lowest BCUT2D eigenvalue weighted by molar-refractivity contribution is 0.777. The van der Waals surface area contributed by atoms with Gasteiger partial charge in [0.1, 0.15) is 17.5 Å². The van der Waals surface area contributed by atoms with Crippen molar-refractivity contribution in [3.8, 4) is 0 Å². The molecular weight excluding hydrogens is 236 g/mol. The zero-order valence-corrected chi connectivity index (χ0v) is 11.6. The van der Waals surface area contributed by atoms with E-state index in [0.29, 0.717) is 5.92 Å². The minimum absolute atomic E-state index is 0.301. The highest BCUT2D eigenvalue weighted by Crippen LogP contribution is 2.20. The molecule has 0 bridgehead atoms. The highest BCUT2D eigenvalue weighted by atomic mass is 15.1. The Morgan fingerprint density at radius 3 is 2.37 bits per heavy atom. The zero-order chi connectivity index (χ0) is 13.7. The second-order valence-electron chi connectivity index (χ2n) is 4.67. The topological polar surface area (TPSA) is 49.8 Å². The van der Waals surface area contributed by atoms with E-state index in [1.54, 1.807) is 0 Å². The molecule has 4 nitrogen and oxygen atoms in total. The van der Waals surface area contributed by atoms with Gasteiger partial charge in [-0.2, -0.15) is 0 Å². The van der Waals surface area contributed by atoms with Gasteiger partial charge in [-0.15, -0.1) is 0 Å². The summed E-state index contributed by atoms with van der Waals surface area (Å²) in [6, 6.07) is 12.0. The number of aromatic nitrogens is 2. The van der Waals surface area contributed by atoms with Crippen LogP contribution >= 0.6 is 0 Å². The monoisotopic (exact) mass is 256 g/mol. The van der Waals surface area contributed by atoms with Gasteiger partial charge in [-0.25, -0.2) is 9.97 Å². The van der Waals surface area contributed by atoms with Crippen LogP contribution in [-0.4, -0.2) is 16.5 Å². The summed E-state index contributed by atoms with van der Waals surface area (Å²) >= 11 is 0. The Balaban J connectivity index is 2.28. The molecule has 2 rings (SSSR count). The van der Waals surface area contributed by atoms with Crippen molar-refractivity contribution >= 4 is 17.3 Å². The number of nitrogens with one attached hydrogen (secondary N) is 2. The van der Waals surface area contributed by atoms with Crippen LogP contribution in [0.2, 0.25) is 0 Å².